The van der Waals surface area contributed by atoms with Crippen molar-refractivity contribution in [2.24, 2.45) is 0 Å². The van der Waals surface area contributed by atoms with Crippen molar-refractivity contribution in [2.45, 2.75) is 38.8 Å². The molecule has 0 atom stereocenters. The minimum Gasteiger partial charge on any atom is -0.493 e. The first-order valence-electron chi connectivity index (χ1n) is 9.33. The summed E-state index contributed by atoms with van der Waals surface area (Å²) in [6.45, 7) is 8.76. The highest BCUT2D eigenvalue weighted by atomic mass is 32.2. The summed E-state index contributed by atoms with van der Waals surface area (Å²) in [5.41, 5.74) is 0.124. The lowest BCUT2D eigenvalue weighted by Gasteiger charge is -2.18. The highest BCUT2D eigenvalue weighted by Gasteiger charge is 2.21. The van der Waals surface area contributed by atoms with E-state index in [1.54, 1.807) is 24.3 Å². The highest BCUT2D eigenvalue weighted by molar-refractivity contribution is 7.99. The number of thioether (sulfide) groups is 1. The summed E-state index contributed by atoms with van der Waals surface area (Å²) in [7, 11) is 0. The lowest BCUT2D eigenvalue weighted by atomic mass is 10.2. The first-order valence-corrected chi connectivity index (χ1v) is 10.3. The molecule has 0 spiro atoms. The van der Waals surface area contributed by atoms with E-state index in [1.807, 2.05) is 13.0 Å². The van der Waals surface area contributed by atoms with Crippen molar-refractivity contribution < 1.29 is 9.90 Å². The van der Waals surface area contributed by atoms with Crippen LogP contribution in [0.4, 0.5) is 0 Å². The molecule has 1 heterocycles. The minimum atomic E-state index is -0.483. The quantitative estimate of drug-likeness (QED) is 0.525. The average Bonchev–Trinajstić information content (AvgIpc) is 2.68. The van der Waals surface area contributed by atoms with Gasteiger partial charge in [-0.2, -0.15) is 4.98 Å². The Hall–Kier alpha value is -2.12. The van der Waals surface area contributed by atoms with Crippen molar-refractivity contribution in [3.05, 3.63) is 51.8 Å². The van der Waals surface area contributed by atoms with E-state index in [0.717, 1.165) is 24.2 Å². The molecule has 1 aromatic carbocycles. The first-order chi connectivity index (χ1) is 13.0. The van der Waals surface area contributed by atoms with Crippen molar-refractivity contribution in [3.8, 4) is 5.88 Å². The van der Waals surface area contributed by atoms with Gasteiger partial charge in [0.2, 0.25) is 5.88 Å². The predicted molar refractivity (Wildman–Crippen MR) is 109 cm³/mol. The molecule has 0 saturated heterocycles. The van der Waals surface area contributed by atoms with Crippen LogP contribution in [0, 0.1) is 0 Å². The summed E-state index contributed by atoms with van der Waals surface area (Å²) in [6, 6.07) is 8.67. The van der Waals surface area contributed by atoms with E-state index in [1.165, 1.54) is 11.8 Å². The van der Waals surface area contributed by atoms with Gasteiger partial charge in [0.25, 0.3) is 11.5 Å². The molecular weight excluding hydrogens is 362 g/mol. The van der Waals surface area contributed by atoms with Gasteiger partial charge in [-0.1, -0.05) is 57.2 Å². The van der Waals surface area contributed by atoms with Crippen molar-refractivity contribution in [3.63, 3.8) is 0 Å². The topological polar surface area (TPSA) is 75.4 Å². The van der Waals surface area contributed by atoms with Crippen LogP contribution in [0.2, 0.25) is 0 Å². The van der Waals surface area contributed by atoms with E-state index < -0.39 is 11.5 Å². The van der Waals surface area contributed by atoms with Gasteiger partial charge in [-0.3, -0.25) is 9.59 Å². The molecule has 2 aromatic rings. The van der Waals surface area contributed by atoms with Crippen molar-refractivity contribution in [1.82, 2.24) is 14.5 Å². The van der Waals surface area contributed by atoms with Gasteiger partial charge in [0.05, 0.1) is 5.56 Å². The average molecular weight is 390 g/mol. The lowest BCUT2D eigenvalue weighted by Crippen LogP contribution is -2.32. The fraction of sp³-hybridized carbons (Fsp3) is 0.450. The highest BCUT2D eigenvalue weighted by Crippen LogP contribution is 2.21. The van der Waals surface area contributed by atoms with Crippen LogP contribution in [0.1, 0.15) is 43.1 Å². The summed E-state index contributed by atoms with van der Waals surface area (Å²) >= 11 is 1.31. The van der Waals surface area contributed by atoms with E-state index in [9.17, 15) is 14.7 Å². The van der Waals surface area contributed by atoms with Crippen molar-refractivity contribution in [2.75, 3.05) is 25.4 Å². The standard InChI is InChI=1S/C20H27N3O3S/c1-4-10-16-17(24)21-20(27-14-13-22(5-2)6-3)23(19(16)26)18(25)15-11-8-7-9-12-15/h7-9,11-12,24H,4-6,10,13-14H2,1-3H3. The zero-order valence-corrected chi connectivity index (χ0v) is 17.0. The Kier molecular flexibility index (Phi) is 8.06. The third-order valence-electron chi connectivity index (χ3n) is 4.38. The van der Waals surface area contributed by atoms with Crippen LogP contribution in [-0.2, 0) is 6.42 Å². The Morgan fingerprint density at radius 3 is 2.44 bits per heavy atom. The second kappa shape index (κ2) is 10.3. The SMILES string of the molecule is CCCc1c(O)nc(SCCN(CC)CC)n(C(=O)c2ccccc2)c1=O. The Morgan fingerprint density at radius 2 is 1.85 bits per heavy atom. The second-order valence-corrected chi connectivity index (χ2v) is 7.20. The van der Waals surface area contributed by atoms with Crippen LogP contribution in [0.15, 0.2) is 40.3 Å². The van der Waals surface area contributed by atoms with Crippen LogP contribution >= 0.6 is 11.8 Å². The van der Waals surface area contributed by atoms with Gasteiger partial charge in [0.1, 0.15) is 0 Å². The maximum Gasteiger partial charge on any atom is 0.268 e. The Morgan fingerprint density at radius 1 is 1.19 bits per heavy atom. The van der Waals surface area contributed by atoms with Crippen LogP contribution in [0.5, 0.6) is 5.88 Å². The zero-order valence-electron chi connectivity index (χ0n) is 16.1. The number of aromatic nitrogens is 2. The largest absolute Gasteiger partial charge is 0.493 e. The molecule has 1 N–H and O–H groups in total. The number of hydrogen-bond donors (Lipinski definition) is 1. The molecule has 0 aliphatic heterocycles. The lowest BCUT2D eigenvalue weighted by molar-refractivity contribution is 0.0942. The molecule has 6 nitrogen and oxygen atoms in total. The zero-order chi connectivity index (χ0) is 19.8. The molecule has 0 unspecified atom stereocenters. The molecule has 0 radical (unpaired) electrons. The molecule has 146 valence electrons. The van der Waals surface area contributed by atoms with Crippen molar-refractivity contribution in [1.29, 1.82) is 0 Å². The van der Waals surface area contributed by atoms with E-state index >= 15 is 0 Å². The third kappa shape index (κ3) is 5.20. The molecule has 0 fully saturated rings. The van der Waals surface area contributed by atoms with E-state index in [-0.39, 0.29) is 16.6 Å². The third-order valence-corrected chi connectivity index (χ3v) is 5.30. The van der Waals surface area contributed by atoms with E-state index in [4.69, 9.17) is 0 Å². The number of hydrogen-bond acceptors (Lipinski definition) is 6. The second-order valence-electron chi connectivity index (χ2n) is 6.13. The summed E-state index contributed by atoms with van der Waals surface area (Å²) < 4.78 is 1.10. The molecule has 7 heteroatoms. The van der Waals surface area contributed by atoms with Gasteiger partial charge in [-0.05, 0) is 31.6 Å². The number of carbonyl (C=O) groups excluding carboxylic acids is 1. The molecule has 0 bridgehead atoms. The molecule has 1 aromatic heterocycles. The summed E-state index contributed by atoms with van der Waals surface area (Å²) in [6.07, 6.45) is 1.06. The molecule has 0 saturated carbocycles. The fourth-order valence-corrected chi connectivity index (χ4v) is 3.76. The number of aromatic hydroxyl groups is 1. The predicted octanol–water partition coefficient (Wildman–Crippen LogP) is 3.02. The Balaban J connectivity index is 2.42. The molecule has 0 aliphatic carbocycles. The van der Waals surface area contributed by atoms with Gasteiger partial charge in [0.15, 0.2) is 5.16 Å². The normalized spacial score (nSPS) is 11.1. The Labute approximate surface area is 164 Å². The van der Waals surface area contributed by atoms with Crippen LogP contribution in [0.3, 0.4) is 0 Å². The van der Waals surface area contributed by atoms with Crippen molar-refractivity contribution >= 4 is 17.7 Å². The molecule has 27 heavy (non-hydrogen) atoms. The van der Waals surface area contributed by atoms with Gasteiger partial charge in [-0.15, -0.1) is 0 Å². The maximum absolute atomic E-state index is 13.0. The number of nitrogens with zero attached hydrogens (tertiary/aromatic N) is 3. The minimum absolute atomic E-state index is 0.190. The van der Waals surface area contributed by atoms with Gasteiger partial charge in [-0.25, -0.2) is 4.57 Å². The maximum atomic E-state index is 13.0. The van der Waals surface area contributed by atoms with Crippen LogP contribution in [0.25, 0.3) is 0 Å². The van der Waals surface area contributed by atoms with E-state index in [0.29, 0.717) is 24.2 Å². The first kappa shape index (κ1) is 21.2. The summed E-state index contributed by atoms with van der Waals surface area (Å²) in [5, 5.41) is 10.5. The van der Waals surface area contributed by atoms with E-state index in [2.05, 4.69) is 23.7 Å². The summed E-state index contributed by atoms with van der Waals surface area (Å²) in [4.78, 5) is 32.4. The number of carbonyl (C=O) groups is 1. The van der Waals surface area contributed by atoms with Gasteiger partial charge < -0.3 is 10.0 Å². The fourth-order valence-electron chi connectivity index (χ4n) is 2.79. The molecule has 0 aliphatic rings. The van der Waals surface area contributed by atoms with Gasteiger partial charge >= 0.3 is 0 Å². The smallest absolute Gasteiger partial charge is 0.268 e. The van der Waals surface area contributed by atoms with Gasteiger partial charge in [0, 0.05) is 17.9 Å². The number of rotatable bonds is 9. The Bertz CT molecular complexity index is 817. The summed E-state index contributed by atoms with van der Waals surface area (Å²) in [5.74, 6) is -0.0250. The molecular formula is C20H27N3O3S. The van der Waals surface area contributed by atoms with Crippen LogP contribution in [-0.4, -0.2) is 50.9 Å². The monoisotopic (exact) mass is 389 g/mol. The molecule has 2 rings (SSSR count). The number of benzene rings is 1. The van der Waals surface area contributed by atoms with Crippen LogP contribution < -0.4 is 5.56 Å². The molecule has 0 amide bonds.